The molecule has 0 bridgehead atoms. The lowest BCUT2D eigenvalue weighted by molar-refractivity contribution is -0.184. The summed E-state index contributed by atoms with van der Waals surface area (Å²) in [6.45, 7) is 1.19. The summed E-state index contributed by atoms with van der Waals surface area (Å²) in [5.74, 6) is -0.0533. The van der Waals surface area contributed by atoms with Gasteiger partial charge in [-0.1, -0.05) is 23.7 Å². The van der Waals surface area contributed by atoms with Crippen molar-refractivity contribution >= 4 is 29.9 Å². The van der Waals surface area contributed by atoms with E-state index in [-0.39, 0.29) is 25.4 Å². The van der Waals surface area contributed by atoms with E-state index in [1.165, 1.54) is 4.90 Å². The highest BCUT2D eigenvalue weighted by atomic mass is 35.5. The minimum absolute atomic E-state index is 0. The summed E-state index contributed by atoms with van der Waals surface area (Å²) in [7, 11) is 0. The molecule has 1 heterocycles. The van der Waals surface area contributed by atoms with E-state index in [2.05, 4.69) is 10.6 Å². The number of halogens is 5. The molecule has 0 spiro atoms. The molecule has 26 heavy (non-hydrogen) atoms. The fraction of sp³-hybridized carbons (Fsp3) is 0.562. The highest BCUT2D eigenvalue weighted by Crippen LogP contribution is 2.25. The summed E-state index contributed by atoms with van der Waals surface area (Å²) in [4.78, 5) is 13.2. The van der Waals surface area contributed by atoms with Gasteiger partial charge in [0.05, 0.1) is 18.1 Å². The lowest BCUT2D eigenvalue weighted by atomic mass is 10.2. The second-order valence-corrected chi connectivity index (χ2v) is 6.08. The Balaban J connectivity index is 0.00000338. The van der Waals surface area contributed by atoms with Gasteiger partial charge < -0.3 is 15.4 Å². The van der Waals surface area contributed by atoms with Crippen LogP contribution in [0.1, 0.15) is 6.42 Å². The Morgan fingerprint density at radius 3 is 2.58 bits per heavy atom. The van der Waals surface area contributed by atoms with Gasteiger partial charge in [0.1, 0.15) is 11.8 Å². The van der Waals surface area contributed by atoms with Crippen molar-refractivity contribution in [3.63, 3.8) is 0 Å². The van der Waals surface area contributed by atoms with Crippen LogP contribution < -0.4 is 15.4 Å². The number of nitrogens with one attached hydrogen (secondary N) is 2. The number of alkyl halides is 3. The predicted molar refractivity (Wildman–Crippen MR) is 96.1 cm³/mol. The van der Waals surface area contributed by atoms with Crippen LogP contribution in [0, 0.1) is 0 Å². The lowest BCUT2D eigenvalue weighted by Crippen LogP contribution is -2.57. The van der Waals surface area contributed by atoms with Gasteiger partial charge in [-0.25, -0.2) is 0 Å². The van der Waals surface area contributed by atoms with E-state index in [1.807, 2.05) is 0 Å². The summed E-state index contributed by atoms with van der Waals surface area (Å²) in [6.07, 6.45) is -4.43. The molecule has 1 saturated heterocycles. The zero-order chi connectivity index (χ0) is 18.3. The van der Waals surface area contributed by atoms with Crippen molar-refractivity contribution in [3.8, 4) is 5.75 Å². The third-order valence-corrected chi connectivity index (χ3v) is 4.20. The molecule has 5 nitrogen and oxygen atoms in total. The first-order valence-corrected chi connectivity index (χ1v) is 8.41. The smallest absolute Gasteiger partial charge is 0.405 e. The van der Waals surface area contributed by atoms with Gasteiger partial charge in [-0.2, -0.15) is 13.2 Å². The topological polar surface area (TPSA) is 53.6 Å². The van der Waals surface area contributed by atoms with Crippen molar-refractivity contribution in [2.45, 2.75) is 18.6 Å². The van der Waals surface area contributed by atoms with Crippen LogP contribution in [-0.4, -0.2) is 62.4 Å². The molecule has 2 N–H and O–H groups in total. The van der Waals surface area contributed by atoms with E-state index in [4.69, 9.17) is 16.3 Å². The first-order chi connectivity index (χ1) is 11.9. The van der Waals surface area contributed by atoms with Crippen LogP contribution in [0.15, 0.2) is 24.3 Å². The normalized spacial score (nSPS) is 16.5. The summed E-state index contributed by atoms with van der Waals surface area (Å²) in [5.41, 5.74) is 0. The third kappa shape index (κ3) is 7.19. The second kappa shape index (κ2) is 10.8. The van der Waals surface area contributed by atoms with Crippen molar-refractivity contribution in [2.75, 3.05) is 39.3 Å². The number of hydrogen-bond donors (Lipinski definition) is 2. The second-order valence-electron chi connectivity index (χ2n) is 5.68. The van der Waals surface area contributed by atoms with Crippen LogP contribution in [0.2, 0.25) is 5.02 Å². The molecular weight excluding hydrogens is 394 g/mol. The third-order valence-electron chi connectivity index (χ3n) is 3.89. The van der Waals surface area contributed by atoms with Gasteiger partial charge in [-0.05, 0) is 12.1 Å². The fourth-order valence-corrected chi connectivity index (χ4v) is 2.75. The minimum atomic E-state index is -4.39. The molecule has 0 aromatic heterocycles. The molecule has 1 unspecified atom stereocenters. The van der Waals surface area contributed by atoms with Crippen LogP contribution in [0.25, 0.3) is 0 Å². The molecule has 0 saturated carbocycles. The number of para-hydroxylation sites is 1. The van der Waals surface area contributed by atoms with Gasteiger partial charge in [0.2, 0.25) is 5.91 Å². The van der Waals surface area contributed by atoms with Gasteiger partial charge >= 0.3 is 6.18 Å². The van der Waals surface area contributed by atoms with Gasteiger partial charge in [0.25, 0.3) is 0 Å². The number of rotatable bonds is 7. The van der Waals surface area contributed by atoms with Gasteiger partial charge in [-0.3, -0.25) is 9.69 Å². The Kier molecular flexibility index (Phi) is 9.49. The molecule has 1 aromatic rings. The van der Waals surface area contributed by atoms with Gasteiger partial charge in [0, 0.05) is 32.7 Å². The van der Waals surface area contributed by atoms with Crippen molar-refractivity contribution < 1.29 is 22.7 Å². The zero-order valence-corrected chi connectivity index (χ0v) is 15.6. The molecule has 0 radical (unpaired) electrons. The van der Waals surface area contributed by atoms with Crippen molar-refractivity contribution in [1.29, 1.82) is 0 Å². The van der Waals surface area contributed by atoms with E-state index < -0.39 is 24.7 Å². The number of carbonyl (C=O) groups is 1. The number of benzene rings is 1. The number of carbonyl (C=O) groups excluding carboxylic acids is 1. The van der Waals surface area contributed by atoms with Gasteiger partial charge in [-0.15, -0.1) is 12.4 Å². The molecule has 1 amide bonds. The van der Waals surface area contributed by atoms with Crippen LogP contribution in [-0.2, 0) is 4.79 Å². The maximum atomic E-state index is 13.2. The Morgan fingerprint density at radius 1 is 1.31 bits per heavy atom. The summed E-state index contributed by atoms with van der Waals surface area (Å²) in [6, 6.07) is 5.11. The molecular formula is C16H22Cl2F3N3O2. The number of amides is 1. The Bertz CT molecular complexity index is 570. The molecule has 2 rings (SSSR count). The van der Waals surface area contributed by atoms with Crippen LogP contribution in [0.5, 0.6) is 5.75 Å². The first-order valence-electron chi connectivity index (χ1n) is 8.03. The highest BCUT2D eigenvalue weighted by Gasteiger charge is 2.43. The van der Waals surface area contributed by atoms with Crippen LogP contribution in [0.3, 0.4) is 0 Å². The lowest BCUT2D eigenvalue weighted by Gasteiger charge is -2.35. The van der Waals surface area contributed by atoms with Gasteiger partial charge in [0.15, 0.2) is 0 Å². The quantitative estimate of drug-likeness (QED) is 0.718. The van der Waals surface area contributed by atoms with Crippen molar-refractivity contribution in [3.05, 3.63) is 29.3 Å². The summed E-state index contributed by atoms with van der Waals surface area (Å²) < 4.78 is 45.0. The molecule has 1 aliphatic heterocycles. The Labute approximate surface area is 161 Å². The first kappa shape index (κ1) is 22.8. The minimum Gasteiger partial charge on any atom is -0.491 e. The Hall–Kier alpha value is -1.22. The molecule has 1 atom stereocenters. The zero-order valence-electron chi connectivity index (χ0n) is 14.0. The van der Waals surface area contributed by atoms with Crippen molar-refractivity contribution in [2.24, 2.45) is 0 Å². The number of nitrogens with zero attached hydrogens (tertiary/aromatic N) is 1. The standard InChI is InChI=1S/C16H21ClF3N3O2.ClH/c17-12-3-1-2-4-13(12)25-10-5-15(24)22-11-14(16(18,19)20)23-8-6-21-7-9-23;/h1-4,14,21H,5-11H2,(H,22,24);1H. The number of piperazine rings is 1. The SMILES string of the molecule is Cl.O=C(CCOc1ccccc1Cl)NCC(N1CCNCC1)C(F)(F)F. The Morgan fingerprint density at radius 2 is 1.96 bits per heavy atom. The molecule has 0 aliphatic carbocycles. The number of hydrogen-bond acceptors (Lipinski definition) is 4. The highest BCUT2D eigenvalue weighted by molar-refractivity contribution is 6.32. The van der Waals surface area contributed by atoms with E-state index >= 15 is 0 Å². The molecule has 148 valence electrons. The molecule has 1 fully saturated rings. The average molecular weight is 416 g/mol. The average Bonchev–Trinajstić information content (AvgIpc) is 2.56. The van der Waals surface area contributed by atoms with Crippen LogP contribution in [0.4, 0.5) is 13.2 Å². The van der Waals surface area contributed by atoms with E-state index in [0.717, 1.165) is 0 Å². The number of ether oxygens (including phenoxy) is 1. The van der Waals surface area contributed by atoms with Crippen LogP contribution >= 0.6 is 24.0 Å². The molecule has 1 aromatic carbocycles. The summed E-state index contributed by atoms with van der Waals surface area (Å²) >= 11 is 5.92. The predicted octanol–water partition coefficient (Wildman–Crippen LogP) is 2.48. The van der Waals surface area contributed by atoms with E-state index in [0.29, 0.717) is 37.0 Å². The summed E-state index contributed by atoms with van der Waals surface area (Å²) in [5, 5.41) is 5.78. The van der Waals surface area contributed by atoms with E-state index in [9.17, 15) is 18.0 Å². The van der Waals surface area contributed by atoms with Crippen molar-refractivity contribution in [1.82, 2.24) is 15.5 Å². The van der Waals surface area contributed by atoms with E-state index in [1.54, 1.807) is 24.3 Å². The monoisotopic (exact) mass is 415 g/mol. The fourth-order valence-electron chi connectivity index (χ4n) is 2.56. The maximum absolute atomic E-state index is 13.2. The molecule has 10 heteroatoms. The largest absolute Gasteiger partial charge is 0.491 e. The molecule has 1 aliphatic rings. The maximum Gasteiger partial charge on any atom is 0.405 e.